The van der Waals surface area contributed by atoms with Crippen molar-refractivity contribution in [2.24, 2.45) is 5.73 Å². The smallest absolute Gasteiger partial charge is 0.0587 e. The van der Waals surface area contributed by atoms with Crippen molar-refractivity contribution < 1.29 is 5.11 Å². The lowest BCUT2D eigenvalue weighted by atomic mass is 9.97. The fourth-order valence-corrected chi connectivity index (χ4v) is 3.67. The first-order valence-corrected chi connectivity index (χ1v) is 8.30. The molecular formula is C16H25BrN2O. The van der Waals surface area contributed by atoms with Gasteiger partial charge < -0.3 is 10.8 Å². The molecule has 3 N–H and O–H groups in total. The molecule has 3 nitrogen and oxygen atoms in total. The average Bonchev–Trinajstić information content (AvgIpc) is 2.64. The fraction of sp³-hybridized carbons (Fsp3) is 0.625. The van der Waals surface area contributed by atoms with Gasteiger partial charge in [0.25, 0.3) is 0 Å². The Morgan fingerprint density at radius 1 is 1.40 bits per heavy atom. The highest BCUT2D eigenvalue weighted by atomic mass is 79.9. The fourth-order valence-electron chi connectivity index (χ4n) is 3.25. The molecule has 4 heteroatoms. The zero-order chi connectivity index (χ0) is 14.5. The monoisotopic (exact) mass is 340 g/mol. The summed E-state index contributed by atoms with van der Waals surface area (Å²) in [5.41, 5.74) is 7.51. The zero-order valence-electron chi connectivity index (χ0n) is 12.1. The van der Waals surface area contributed by atoms with Crippen LogP contribution >= 0.6 is 15.9 Å². The Kier molecular flexibility index (Phi) is 6.02. The molecular weight excluding hydrogens is 316 g/mol. The molecule has 0 aliphatic carbocycles. The van der Waals surface area contributed by atoms with Gasteiger partial charge in [-0.15, -0.1) is 0 Å². The van der Waals surface area contributed by atoms with Gasteiger partial charge in [0.2, 0.25) is 0 Å². The number of halogens is 1. The molecule has 1 fully saturated rings. The molecule has 1 aromatic carbocycles. The van der Waals surface area contributed by atoms with E-state index in [0.29, 0.717) is 0 Å². The first-order valence-electron chi connectivity index (χ1n) is 7.51. The Morgan fingerprint density at radius 3 is 2.85 bits per heavy atom. The van der Waals surface area contributed by atoms with Crippen molar-refractivity contribution in [1.29, 1.82) is 0 Å². The summed E-state index contributed by atoms with van der Waals surface area (Å²) in [6, 6.07) is 8.81. The van der Waals surface area contributed by atoms with E-state index in [4.69, 9.17) is 5.73 Å². The van der Waals surface area contributed by atoms with Gasteiger partial charge in [0.15, 0.2) is 0 Å². The number of aliphatic hydroxyl groups is 1. The summed E-state index contributed by atoms with van der Waals surface area (Å²) in [5, 5.41) is 9.73. The van der Waals surface area contributed by atoms with Crippen LogP contribution in [-0.4, -0.2) is 35.2 Å². The lowest BCUT2D eigenvalue weighted by molar-refractivity contribution is 0.0747. The molecule has 0 amide bonds. The van der Waals surface area contributed by atoms with Gasteiger partial charge in [-0.05, 0) is 44.0 Å². The largest absolute Gasteiger partial charge is 0.395 e. The van der Waals surface area contributed by atoms with E-state index in [9.17, 15) is 5.11 Å². The predicted octanol–water partition coefficient (Wildman–Crippen LogP) is 3.07. The van der Waals surface area contributed by atoms with Gasteiger partial charge in [0, 0.05) is 16.6 Å². The van der Waals surface area contributed by atoms with Crippen LogP contribution < -0.4 is 5.73 Å². The molecule has 1 saturated heterocycles. The minimum atomic E-state index is 0.0384. The van der Waals surface area contributed by atoms with Crippen molar-refractivity contribution in [2.75, 3.05) is 13.2 Å². The first kappa shape index (κ1) is 16.0. The molecule has 2 rings (SSSR count). The number of hydrogen-bond donors (Lipinski definition) is 2. The summed E-state index contributed by atoms with van der Waals surface area (Å²) >= 11 is 3.54. The quantitative estimate of drug-likeness (QED) is 0.885. The molecule has 1 aromatic rings. The van der Waals surface area contributed by atoms with Crippen LogP contribution in [0.2, 0.25) is 0 Å². The van der Waals surface area contributed by atoms with Gasteiger partial charge in [0.05, 0.1) is 12.6 Å². The molecule has 1 aliphatic rings. The predicted molar refractivity (Wildman–Crippen MR) is 86.6 cm³/mol. The van der Waals surface area contributed by atoms with E-state index >= 15 is 0 Å². The van der Waals surface area contributed by atoms with Gasteiger partial charge >= 0.3 is 0 Å². The molecule has 20 heavy (non-hydrogen) atoms. The van der Waals surface area contributed by atoms with Gasteiger partial charge in [-0.3, -0.25) is 4.90 Å². The zero-order valence-corrected chi connectivity index (χ0v) is 13.7. The van der Waals surface area contributed by atoms with E-state index in [1.165, 1.54) is 24.8 Å². The minimum Gasteiger partial charge on any atom is -0.395 e. The van der Waals surface area contributed by atoms with Crippen LogP contribution in [0.3, 0.4) is 0 Å². The summed E-state index contributed by atoms with van der Waals surface area (Å²) in [4.78, 5) is 2.42. The Labute approximate surface area is 130 Å². The van der Waals surface area contributed by atoms with Crippen molar-refractivity contribution >= 4 is 15.9 Å². The van der Waals surface area contributed by atoms with E-state index < -0.39 is 0 Å². The number of aliphatic hydroxyl groups excluding tert-OH is 1. The Balaban J connectivity index is 2.30. The van der Waals surface area contributed by atoms with E-state index in [2.05, 4.69) is 46.0 Å². The van der Waals surface area contributed by atoms with Crippen LogP contribution in [0.1, 0.15) is 44.2 Å². The molecule has 0 spiro atoms. The maximum absolute atomic E-state index is 9.73. The third-order valence-corrected chi connectivity index (χ3v) is 4.67. The topological polar surface area (TPSA) is 49.5 Å². The minimum absolute atomic E-state index is 0.0384. The normalized spacial score (nSPS) is 24.1. The maximum atomic E-state index is 9.73. The van der Waals surface area contributed by atoms with Crippen molar-refractivity contribution in [3.8, 4) is 0 Å². The van der Waals surface area contributed by atoms with Crippen molar-refractivity contribution in [2.45, 2.75) is 50.7 Å². The van der Waals surface area contributed by atoms with Gasteiger partial charge in [0.1, 0.15) is 0 Å². The second kappa shape index (κ2) is 7.55. The summed E-state index contributed by atoms with van der Waals surface area (Å²) < 4.78 is 1.08. The van der Waals surface area contributed by atoms with Crippen LogP contribution in [0.5, 0.6) is 0 Å². The number of hydrogen-bond acceptors (Lipinski definition) is 3. The highest BCUT2D eigenvalue weighted by Gasteiger charge is 2.30. The number of nitrogens with two attached hydrogens (primary N) is 1. The highest BCUT2D eigenvalue weighted by molar-refractivity contribution is 9.10. The molecule has 112 valence electrons. The summed E-state index contributed by atoms with van der Waals surface area (Å²) in [5.74, 6) is 0. The van der Waals surface area contributed by atoms with Gasteiger partial charge in [-0.2, -0.15) is 0 Å². The molecule has 0 aromatic heterocycles. The number of rotatable bonds is 4. The second-order valence-electron chi connectivity index (χ2n) is 5.78. The van der Waals surface area contributed by atoms with Gasteiger partial charge in [-0.1, -0.05) is 40.9 Å². The van der Waals surface area contributed by atoms with E-state index in [0.717, 1.165) is 17.4 Å². The standard InChI is InChI=1S/C16H25BrN2O/c1-12(18)16(13-6-5-7-14(17)10-13)19-9-4-2-3-8-15(19)11-20/h5-7,10,12,15-16,20H,2-4,8-9,11,18H2,1H3. The summed E-state index contributed by atoms with van der Waals surface area (Å²) in [7, 11) is 0. The molecule has 0 radical (unpaired) electrons. The van der Waals surface area contributed by atoms with Crippen LogP contribution in [-0.2, 0) is 0 Å². The van der Waals surface area contributed by atoms with E-state index in [1.807, 2.05) is 6.07 Å². The number of nitrogens with zero attached hydrogens (tertiary/aromatic N) is 1. The molecule has 3 atom stereocenters. The van der Waals surface area contributed by atoms with Crippen LogP contribution in [0.15, 0.2) is 28.7 Å². The third-order valence-electron chi connectivity index (χ3n) is 4.18. The average molecular weight is 341 g/mol. The maximum Gasteiger partial charge on any atom is 0.0587 e. The van der Waals surface area contributed by atoms with Crippen LogP contribution in [0.25, 0.3) is 0 Å². The van der Waals surface area contributed by atoms with Crippen molar-refractivity contribution in [3.05, 3.63) is 34.3 Å². The molecule has 0 bridgehead atoms. The van der Waals surface area contributed by atoms with E-state index in [-0.39, 0.29) is 24.7 Å². The number of likely N-dealkylation sites (tertiary alicyclic amines) is 1. The summed E-state index contributed by atoms with van der Waals surface area (Å²) in [6.45, 7) is 3.30. The van der Waals surface area contributed by atoms with Gasteiger partial charge in [-0.25, -0.2) is 0 Å². The summed E-state index contributed by atoms with van der Waals surface area (Å²) in [6.07, 6.45) is 4.70. The van der Waals surface area contributed by atoms with Crippen LogP contribution in [0.4, 0.5) is 0 Å². The Bertz CT molecular complexity index is 425. The first-order chi connectivity index (χ1) is 9.63. The Hall–Kier alpha value is -0.420. The Morgan fingerprint density at radius 2 is 2.20 bits per heavy atom. The number of benzene rings is 1. The lowest BCUT2D eigenvalue weighted by Crippen LogP contribution is -2.46. The molecule has 1 heterocycles. The third kappa shape index (κ3) is 3.82. The molecule has 3 unspecified atom stereocenters. The highest BCUT2D eigenvalue weighted by Crippen LogP contribution is 2.31. The van der Waals surface area contributed by atoms with E-state index in [1.54, 1.807) is 0 Å². The molecule has 1 aliphatic heterocycles. The lowest BCUT2D eigenvalue weighted by Gasteiger charge is -2.38. The van der Waals surface area contributed by atoms with Crippen molar-refractivity contribution in [3.63, 3.8) is 0 Å². The van der Waals surface area contributed by atoms with Crippen molar-refractivity contribution in [1.82, 2.24) is 4.90 Å². The molecule has 0 saturated carbocycles. The SMILES string of the molecule is CC(N)C(c1cccc(Br)c1)N1CCCCCC1CO. The second-order valence-corrected chi connectivity index (χ2v) is 6.70. The van der Waals surface area contributed by atoms with Crippen LogP contribution in [0, 0.1) is 0 Å².